The molecule has 172 valence electrons. The summed E-state index contributed by atoms with van der Waals surface area (Å²) in [5.41, 5.74) is 1.93. The van der Waals surface area contributed by atoms with Gasteiger partial charge in [0.2, 0.25) is 0 Å². The number of likely N-dealkylation sites (tertiary alicyclic amines) is 1. The average molecular weight is 448 g/mol. The second-order valence-corrected chi connectivity index (χ2v) is 8.91. The Morgan fingerprint density at radius 2 is 1.82 bits per heavy atom. The first kappa shape index (κ1) is 21.4. The summed E-state index contributed by atoms with van der Waals surface area (Å²) >= 11 is 0. The Bertz CT molecular complexity index is 1020. The lowest BCUT2D eigenvalue weighted by Crippen LogP contribution is -2.39. The third kappa shape index (κ3) is 5.50. The summed E-state index contributed by atoms with van der Waals surface area (Å²) < 4.78 is 13.0. The van der Waals surface area contributed by atoms with E-state index in [1.165, 1.54) is 6.42 Å². The molecular formula is C25H29N5O3. The normalized spacial score (nSPS) is 20.4. The van der Waals surface area contributed by atoms with Crippen LogP contribution in [-0.2, 0) is 11.3 Å². The van der Waals surface area contributed by atoms with E-state index >= 15 is 0 Å². The molecule has 1 aliphatic carbocycles. The highest BCUT2D eigenvalue weighted by Gasteiger charge is 2.43. The lowest BCUT2D eigenvalue weighted by molar-refractivity contribution is 0.0796. The Balaban J connectivity index is 0.986. The first-order valence-electron chi connectivity index (χ1n) is 11.7. The molecule has 1 saturated carbocycles. The summed E-state index contributed by atoms with van der Waals surface area (Å²) in [6.45, 7) is 2.66. The van der Waals surface area contributed by atoms with E-state index in [1.807, 2.05) is 59.5 Å². The molecule has 2 unspecified atom stereocenters. The Hall–Kier alpha value is -3.42. The second-order valence-electron chi connectivity index (χ2n) is 8.91. The average Bonchev–Trinajstić information content (AvgIpc) is 3.42. The smallest absolute Gasteiger partial charge is 0.410 e. The summed E-state index contributed by atoms with van der Waals surface area (Å²) in [6, 6.07) is 17.6. The van der Waals surface area contributed by atoms with Crippen LogP contribution in [0.2, 0.25) is 0 Å². The molecule has 8 nitrogen and oxygen atoms in total. The Morgan fingerprint density at radius 1 is 1.03 bits per heavy atom. The van der Waals surface area contributed by atoms with Crippen LogP contribution < -0.4 is 4.74 Å². The summed E-state index contributed by atoms with van der Waals surface area (Å²) in [4.78, 5) is 14.2. The van der Waals surface area contributed by atoms with Gasteiger partial charge in [-0.1, -0.05) is 30.3 Å². The van der Waals surface area contributed by atoms with Crippen LogP contribution in [0.5, 0.6) is 5.75 Å². The van der Waals surface area contributed by atoms with Crippen molar-refractivity contribution in [1.82, 2.24) is 25.1 Å². The molecule has 0 N–H and O–H groups in total. The largest absolute Gasteiger partial charge is 0.494 e. The zero-order chi connectivity index (χ0) is 22.5. The van der Waals surface area contributed by atoms with E-state index in [2.05, 4.69) is 15.5 Å². The van der Waals surface area contributed by atoms with Gasteiger partial charge < -0.3 is 14.4 Å². The minimum absolute atomic E-state index is 0.191. The van der Waals surface area contributed by atoms with Gasteiger partial charge in [-0.15, -0.1) is 5.10 Å². The van der Waals surface area contributed by atoms with E-state index in [0.29, 0.717) is 12.5 Å². The maximum absolute atomic E-state index is 12.4. The van der Waals surface area contributed by atoms with Crippen LogP contribution in [0.3, 0.4) is 0 Å². The molecule has 0 radical (unpaired) electrons. The molecule has 1 saturated heterocycles. The molecule has 3 aromatic rings. The van der Waals surface area contributed by atoms with Crippen LogP contribution in [0.15, 0.2) is 60.9 Å². The molecular weight excluding hydrogens is 418 g/mol. The number of amides is 1. The molecule has 8 heteroatoms. The van der Waals surface area contributed by atoms with E-state index in [0.717, 1.165) is 67.8 Å². The number of benzene rings is 2. The number of tetrazole rings is 1. The van der Waals surface area contributed by atoms with Crippen molar-refractivity contribution >= 4 is 6.09 Å². The van der Waals surface area contributed by atoms with Gasteiger partial charge in [-0.2, -0.15) is 0 Å². The lowest BCUT2D eigenvalue weighted by Gasteiger charge is -2.31. The number of rotatable bonds is 8. The van der Waals surface area contributed by atoms with Crippen molar-refractivity contribution in [3.63, 3.8) is 0 Å². The highest BCUT2D eigenvalue weighted by molar-refractivity contribution is 5.67. The third-order valence-electron chi connectivity index (χ3n) is 6.79. The number of aromatic nitrogens is 4. The van der Waals surface area contributed by atoms with Crippen LogP contribution in [-0.4, -0.2) is 50.9 Å². The van der Waals surface area contributed by atoms with E-state index in [1.54, 1.807) is 11.0 Å². The highest BCUT2D eigenvalue weighted by Crippen LogP contribution is 2.49. The molecule has 1 aliphatic heterocycles. The zero-order valence-corrected chi connectivity index (χ0v) is 18.6. The minimum atomic E-state index is -0.191. The van der Waals surface area contributed by atoms with Crippen molar-refractivity contribution in [2.45, 2.75) is 32.3 Å². The van der Waals surface area contributed by atoms with Crippen LogP contribution in [0.1, 0.15) is 31.2 Å². The van der Waals surface area contributed by atoms with Crippen molar-refractivity contribution < 1.29 is 14.3 Å². The van der Waals surface area contributed by atoms with Crippen LogP contribution >= 0.6 is 0 Å². The Kier molecular flexibility index (Phi) is 6.51. The topological polar surface area (TPSA) is 82.4 Å². The molecule has 2 fully saturated rings. The van der Waals surface area contributed by atoms with Gasteiger partial charge in [0.15, 0.2) is 0 Å². The fourth-order valence-corrected chi connectivity index (χ4v) is 4.80. The lowest BCUT2D eigenvalue weighted by atomic mass is 9.91. The quantitative estimate of drug-likeness (QED) is 0.517. The molecule has 2 aliphatic rings. The first-order valence-corrected chi connectivity index (χ1v) is 11.7. The number of carbonyl (C=O) groups excluding carboxylic acids is 1. The number of hydrogen-bond acceptors (Lipinski definition) is 6. The zero-order valence-electron chi connectivity index (χ0n) is 18.6. The van der Waals surface area contributed by atoms with Crippen molar-refractivity contribution in [3.05, 3.63) is 66.5 Å². The summed E-state index contributed by atoms with van der Waals surface area (Å²) in [6.07, 6.45) is 5.89. The maximum atomic E-state index is 12.4. The number of ether oxygens (including phenoxy) is 2. The van der Waals surface area contributed by atoms with Crippen molar-refractivity contribution in [1.29, 1.82) is 0 Å². The maximum Gasteiger partial charge on any atom is 0.410 e. The number of piperidine rings is 1. The van der Waals surface area contributed by atoms with E-state index < -0.39 is 0 Å². The monoisotopic (exact) mass is 447 g/mol. The molecule has 33 heavy (non-hydrogen) atoms. The fraction of sp³-hybridized carbons (Fsp3) is 0.440. The molecule has 5 rings (SSSR count). The van der Waals surface area contributed by atoms with Crippen LogP contribution in [0, 0.1) is 17.8 Å². The van der Waals surface area contributed by atoms with Gasteiger partial charge in [0.05, 0.1) is 12.3 Å². The Morgan fingerprint density at radius 3 is 2.55 bits per heavy atom. The van der Waals surface area contributed by atoms with Crippen molar-refractivity contribution in [2.75, 3.05) is 19.7 Å². The molecule has 0 spiro atoms. The molecule has 2 heterocycles. The number of hydrogen-bond donors (Lipinski definition) is 0. The van der Waals surface area contributed by atoms with E-state index in [4.69, 9.17) is 9.47 Å². The van der Waals surface area contributed by atoms with Gasteiger partial charge in [-0.05, 0) is 83.7 Å². The molecule has 1 amide bonds. The number of nitrogens with zero attached hydrogens (tertiary/aromatic N) is 5. The predicted octanol–water partition coefficient (Wildman–Crippen LogP) is 4.12. The Labute approximate surface area is 193 Å². The molecule has 2 aromatic carbocycles. The van der Waals surface area contributed by atoms with Gasteiger partial charge >= 0.3 is 6.09 Å². The molecule has 0 bridgehead atoms. The van der Waals surface area contributed by atoms with Crippen molar-refractivity contribution in [2.24, 2.45) is 17.8 Å². The standard InChI is InChI=1S/C25H29N5O3/c31-25(33-17-19-4-2-1-3-5-19)29-13-10-20(11-14-29)24-16-21(24)12-15-32-23-8-6-22(7-9-23)30-18-26-27-28-30/h1-9,18,20-21,24H,10-17H2. The summed E-state index contributed by atoms with van der Waals surface area (Å²) in [5, 5.41) is 11.2. The van der Waals surface area contributed by atoms with Crippen LogP contribution in [0.25, 0.3) is 5.69 Å². The van der Waals surface area contributed by atoms with E-state index in [9.17, 15) is 4.79 Å². The molecule has 2 atom stereocenters. The van der Waals surface area contributed by atoms with Gasteiger partial charge in [0.1, 0.15) is 18.7 Å². The van der Waals surface area contributed by atoms with Gasteiger partial charge in [0, 0.05) is 13.1 Å². The fourth-order valence-electron chi connectivity index (χ4n) is 4.80. The minimum Gasteiger partial charge on any atom is -0.494 e. The van der Waals surface area contributed by atoms with Gasteiger partial charge in [0.25, 0.3) is 0 Å². The van der Waals surface area contributed by atoms with Crippen molar-refractivity contribution in [3.8, 4) is 11.4 Å². The van der Waals surface area contributed by atoms with E-state index in [-0.39, 0.29) is 6.09 Å². The van der Waals surface area contributed by atoms with Crippen LogP contribution in [0.4, 0.5) is 4.79 Å². The highest BCUT2D eigenvalue weighted by atomic mass is 16.6. The predicted molar refractivity (Wildman–Crippen MR) is 122 cm³/mol. The van der Waals surface area contributed by atoms with Gasteiger partial charge in [-0.25, -0.2) is 9.48 Å². The molecule has 1 aromatic heterocycles. The first-order chi connectivity index (χ1) is 16.3. The summed E-state index contributed by atoms with van der Waals surface area (Å²) in [7, 11) is 0. The summed E-state index contributed by atoms with van der Waals surface area (Å²) in [5.74, 6) is 3.10. The SMILES string of the molecule is O=C(OCc1ccccc1)N1CCC(C2CC2CCOc2ccc(-n3cnnn3)cc2)CC1. The second kappa shape index (κ2) is 10.0. The van der Waals surface area contributed by atoms with Gasteiger partial charge in [-0.3, -0.25) is 0 Å². The third-order valence-corrected chi connectivity index (χ3v) is 6.79. The number of carbonyl (C=O) groups is 1.